The normalized spacial score (nSPS) is 16.0. The van der Waals surface area contributed by atoms with Gasteiger partial charge in [-0.2, -0.15) is 13.2 Å². The Bertz CT molecular complexity index is 1350. The van der Waals surface area contributed by atoms with Gasteiger partial charge in [-0.15, -0.1) is 0 Å². The minimum absolute atomic E-state index is 0.0864. The molecule has 1 atom stereocenters. The average molecular weight is 595 g/mol. The highest BCUT2D eigenvalue weighted by Gasteiger charge is 2.33. The molecule has 1 fully saturated rings. The van der Waals surface area contributed by atoms with Gasteiger partial charge in [0.25, 0.3) is 5.91 Å². The van der Waals surface area contributed by atoms with Crippen molar-refractivity contribution in [2.45, 2.75) is 63.6 Å². The number of nitrogens with zero attached hydrogens (tertiary/aromatic N) is 2. The summed E-state index contributed by atoms with van der Waals surface area (Å²) < 4.78 is 44.2. The van der Waals surface area contributed by atoms with Crippen LogP contribution in [0.15, 0.2) is 78.9 Å². The van der Waals surface area contributed by atoms with Gasteiger partial charge in [0, 0.05) is 36.7 Å². The molecule has 0 radical (unpaired) electrons. The van der Waals surface area contributed by atoms with Gasteiger partial charge in [-0.3, -0.25) is 9.59 Å². The molecular formula is C35H41F3N2O3. The molecule has 1 heterocycles. The topological polar surface area (TPSA) is 49.9 Å². The van der Waals surface area contributed by atoms with Crippen molar-refractivity contribution >= 4 is 11.9 Å². The predicted octanol–water partition coefficient (Wildman–Crippen LogP) is 7.60. The van der Waals surface area contributed by atoms with Gasteiger partial charge in [-0.05, 0) is 74.0 Å². The van der Waals surface area contributed by atoms with E-state index in [0.29, 0.717) is 29.7 Å². The maximum Gasteiger partial charge on any atom is 0.416 e. The molecule has 0 spiro atoms. The molecule has 3 aromatic rings. The van der Waals surface area contributed by atoms with Crippen molar-refractivity contribution < 1.29 is 27.5 Å². The van der Waals surface area contributed by atoms with Crippen LogP contribution in [0.25, 0.3) is 11.1 Å². The average Bonchev–Trinajstić information content (AvgIpc) is 3.02. The van der Waals surface area contributed by atoms with Crippen molar-refractivity contribution in [3.05, 3.63) is 95.6 Å². The summed E-state index contributed by atoms with van der Waals surface area (Å²) in [6.07, 6.45) is -0.597. The van der Waals surface area contributed by atoms with E-state index in [1.807, 2.05) is 30.0 Å². The number of rotatable bonds is 11. The number of methoxy groups -OCH3 is 1. The summed E-state index contributed by atoms with van der Waals surface area (Å²) in [6, 6.07) is 22.3. The van der Waals surface area contributed by atoms with Crippen molar-refractivity contribution in [1.82, 2.24) is 9.80 Å². The molecule has 3 aromatic carbocycles. The van der Waals surface area contributed by atoms with Crippen LogP contribution in [0, 0.1) is 0 Å². The number of hydrogen-bond acceptors (Lipinski definition) is 4. The second kappa shape index (κ2) is 14.2. The number of alkyl halides is 3. The summed E-state index contributed by atoms with van der Waals surface area (Å²) in [7, 11) is 1.43. The number of benzene rings is 3. The lowest BCUT2D eigenvalue weighted by Gasteiger charge is -2.39. The fourth-order valence-electron chi connectivity index (χ4n) is 6.20. The molecule has 1 aliphatic rings. The third-order valence-corrected chi connectivity index (χ3v) is 8.72. The lowest BCUT2D eigenvalue weighted by molar-refractivity contribution is -0.142. The smallest absolute Gasteiger partial charge is 0.416 e. The quantitative estimate of drug-likeness (QED) is 0.215. The molecule has 4 rings (SSSR count). The van der Waals surface area contributed by atoms with Crippen LogP contribution in [0.1, 0.15) is 67.4 Å². The predicted molar refractivity (Wildman–Crippen MR) is 163 cm³/mol. The molecule has 8 heteroatoms. The van der Waals surface area contributed by atoms with Crippen molar-refractivity contribution in [3.63, 3.8) is 0 Å². The molecule has 43 heavy (non-hydrogen) atoms. The first-order valence-corrected chi connectivity index (χ1v) is 15.0. The zero-order chi connectivity index (χ0) is 31.0. The van der Waals surface area contributed by atoms with Crippen molar-refractivity contribution in [1.29, 1.82) is 0 Å². The van der Waals surface area contributed by atoms with Gasteiger partial charge in [0.2, 0.25) is 0 Å². The van der Waals surface area contributed by atoms with E-state index in [0.717, 1.165) is 63.0 Å². The van der Waals surface area contributed by atoms with Gasteiger partial charge in [0.15, 0.2) is 0 Å². The van der Waals surface area contributed by atoms with Gasteiger partial charge < -0.3 is 14.5 Å². The number of likely N-dealkylation sites (tertiary alicyclic amines) is 1. The fraction of sp³-hybridized carbons (Fsp3) is 0.429. The highest BCUT2D eigenvalue weighted by molar-refractivity contribution is 6.01. The van der Waals surface area contributed by atoms with Crippen LogP contribution in [0.2, 0.25) is 0 Å². The molecule has 0 aromatic heterocycles. The molecule has 1 aliphatic heterocycles. The third kappa shape index (κ3) is 8.05. The highest BCUT2D eigenvalue weighted by atomic mass is 19.4. The minimum atomic E-state index is -4.41. The number of ether oxygens (including phenoxy) is 1. The van der Waals surface area contributed by atoms with Gasteiger partial charge >= 0.3 is 12.1 Å². The summed E-state index contributed by atoms with van der Waals surface area (Å²) in [4.78, 5) is 30.3. The van der Waals surface area contributed by atoms with Gasteiger partial charge in [-0.25, -0.2) is 0 Å². The van der Waals surface area contributed by atoms with Crippen molar-refractivity contribution in [3.8, 4) is 11.1 Å². The number of carbonyl (C=O) groups is 2. The van der Waals surface area contributed by atoms with E-state index in [9.17, 15) is 22.8 Å². The number of halogens is 3. The molecule has 230 valence electrons. The fourth-order valence-corrected chi connectivity index (χ4v) is 6.20. The Labute approximate surface area is 252 Å². The van der Waals surface area contributed by atoms with Crippen molar-refractivity contribution in [2.24, 2.45) is 0 Å². The Kier molecular flexibility index (Phi) is 10.7. The van der Waals surface area contributed by atoms with Gasteiger partial charge in [-0.1, -0.05) is 67.6 Å². The molecule has 0 N–H and O–H groups in total. The summed E-state index contributed by atoms with van der Waals surface area (Å²) in [6.45, 7) is 7.29. The van der Waals surface area contributed by atoms with E-state index < -0.39 is 11.7 Å². The number of amides is 1. The molecule has 1 saturated heterocycles. The lowest BCUT2D eigenvalue weighted by Crippen LogP contribution is -2.47. The van der Waals surface area contributed by atoms with Crippen LogP contribution in [0.3, 0.4) is 0 Å². The lowest BCUT2D eigenvalue weighted by atomic mass is 9.76. The van der Waals surface area contributed by atoms with Gasteiger partial charge in [0.1, 0.15) is 0 Å². The molecule has 1 amide bonds. The Morgan fingerprint density at radius 1 is 0.907 bits per heavy atom. The molecule has 0 aliphatic carbocycles. The number of piperidine rings is 1. The molecular weight excluding hydrogens is 553 g/mol. The standard InChI is InChI=1S/C35H41F3N2O3/c1-4-40(33(42)31-14-9-8-13-30(31)26-15-17-28(18-16-26)35(36,37)38)29-19-23-39(24-20-29)22-10-21-34(2,25-32(41)43-3)27-11-6-5-7-12-27/h5-9,11-18,29H,4,10,19-25H2,1-3H3. The van der Waals surface area contributed by atoms with Crippen molar-refractivity contribution in [2.75, 3.05) is 33.3 Å². The Balaban J connectivity index is 1.37. The molecule has 0 bridgehead atoms. The van der Waals surface area contributed by atoms with Crippen LogP contribution in [-0.2, 0) is 21.1 Å². The third-order valence-electron chi connectivity index (χ3n) is 8.72. The highest BCUT2D eigenvalue weighted by Crippen LogP contribution is 2.34. The van der Waals surface area contributed by atoms with Crippen LogP contribution < -0.4 is 0 Å². The summed E-state index contributed by atoms with van der Waals surface area (Å²) in [5, 5.41) is 0. The van der Waals surface area contributed by atoms with E-state index in [-0.39, 0.29) is 23.3 Å². The largest absolute Gasteiger partial charge is 0.469 e. The van der Waals surface area contributed by atoms with Crippen LogP contribution in [-0.4, -0.2) is 61.0 Å². The number of hydrogen-bond donors (Lipinski definition) is 0. The molecule has 5 nitrogen and oxygen atoms in total. The zero-order valence-electron chi connectivity index (χ0n) is 25.2. The van der Waals surface area contributed by atoms with E-state index >= 15 is 0 Å². The first kappa shape index (κ1) is 32.3. The Hall–Kier alpha value is -3.65. The maximum absolute atomic E-state index is 13.8. The SMILES string of the molecule is CCN(C(=O)c1ccccc1-c1ccc(C(F)(F)F)cc1)C1CCN(CCCC(C)(CC(=O)OC)c2ccccc2)CC1. The summed E-state index contributed by atoms with van der Waals surface area (Å²) in [5.74, 6) is -0.311. The Morgan fingerprint density at radius 2 is 1.53 bits per heavy atom. The van der Waals surface area contributed by atoms with E-state index in [1.54, 1.807) is 24.3 Å². The molecule has 1 unspecified atom stereocenters. The van der Waals surface area contributed by atoms with E-state index in [2.05, 4.69) is 24.0 Å². The maximum atomic E-state index is 13.8. The zero-order valence-corrected chi connectivity index (χ0v) is 25.2. The number of carbonyl (C=O) groups excluding carboxylic acids is 2. The summed E-state index contributed by atoms with van der Waals surface area (Å²) in [5.41, 5.74) is 1.82. The first-order chi connectivity index (χ1) is 20.6. The van der Waals surface area contributed by atoms with E-state index in [1.165, 1.54) is 19.2 Å². The second-order valence-electron chi connectivity index (χ2n) is 11.6. The Morgan fingerprint density at radius 3 is 2.14 bits per heavy atom. The monoisotopic (exact) mass is 594 g/mol. The summed E-state index contributed by atoms with van der Waals surface area (Å²) >= 11 is 0. The number of esters is 1. The van der Waals surface area contributed by atoms with Crippen LogP contribution in [0.4, 0.5) is 13.2 Å². The second-order valence-corrected chi connectivity index (χ2v) is 11.6. The van der Waals surface area contributed by atoms with Gasteiger partial charge in [0.05, 0.1) is 19.1 Å². The van der Waals surface area contributed by atoms with E-state index in [4.69, 9.17) is 4.74 Å². The molecule has 0 saturated carbocycles. The van der Waals surface area contributed by atoms with Crippen LogP contribution >= 0.6 is 0 Å². The minimum Gasteiger partial charge on any atom is -0.469 e. The van der Waals surface area contributed by atoms with Crippen LogP contribution in [0.5, 0.6) is 0 Å². The first-order valence-electron chi connectivity index (χ1n) is 15.0.